The van der Waals surface area contributed by atoms with Crippen LogP contribution in [0.1, 0.15) is 24.5 Å². The smallest absolute Gasteiger partial charge is 0.264 e. The van der Waals surface area contributed by atoms with Gasteiger partial charge >= 0.3 is 0 Å². The first-order valence-corrected chi connectivity index (χ1v) is 7.90. The normalized spacial score (nSPS) is 20.8. The van der Waals surface area contributed by atoms with Crippen molar-refractivity contribution in [2.45, 2.75) is 31.6 Å². The van der Waals surface area contributed by atoms with Crippen molar-refractivity contribution in [1.82, 2.24) is 0 Å². The molecule has 2 aromatic carbocycles. The number of hydrogen-bond acceptors (Lipinski definition) is 4. The quantitative estimate of drug-likeness (QED) is 0.883. The number of methoxy groups -OCH3 is 1. The van der Waals surface area contributed by atoms with Gasteiger partial charge in [-0.3, -0.25) is 4.79 Å². The summed E-state index contributed by atoms with van der Waals surface area (Å²) in [4.78, 5) is 14.5. The molecule has 0 fully saturated rings. The standard InChI is InChI=1S/C19H21NO4/c1-13(21)11-19(23)16-5-3-4-6-17(16)20(18(19)22)12-14-7-9-15(24-2)10-8-14/h3-10,13,21,23H,11-12H2,1-2H3. The Morgan fingerprint density at radius 1 is 1.17 bits per heavy atom. The fourth-order valence-corrected chi connectivity index (χ4v) is 3.20. The van der Waals surface area contributed by atoms with Gasteiger partial charge in [0.05, 0.1) is 25.4 Å². The fraction of sp³-hybridized carbons (Fsp3) is 0.316. The van der Waals surface area contributed by atoms with Gasteiger partial charge in [0.25, 0.3) is 5.91 Å². The van der Waals surface area contributed by atoms with E-state index in [9.17, 15) is 15.0 Å². The summed E-state index contributed by atoms with van der Waals surface area (Å²) >= 11 is 0. The maximum absolute atomic E-state index is 12.9. The molecule has 2 atom stereocenters. The van der Waals surface area contributed by atoms with Crippen LogP contribution in [0.15, 0.2) is 48.5 Å². The predicted molar refractivity (Wildman–Crippen MR) is 90.8 cm³/mol. The SMILES string of the molecule is COc1ccc(CN2C(=O)C(O)(CC(C)O)c3ccccc32)cc1. The van der Waals surface area contributed by atoms with Gasteiger partial charge in [-0.1, -0.05) is 30.3 Å². The summed E-state index contributed by atoms with van der Waals surface area (Å²) in [5, 5.41) is 20.7. The van der Waals surface area contributed by atoms with Crippen LogP contribution in [-0.4, -0.2) is 29.3 Å². The third-order valence-electron chi connectivity index (χ3n) is 4.33. The van der Waals surface area contributed by atoms with Crippen LogP contribution < -0.4 is 9.64 Å². The Hall–Kier alpha value is -2.37. The molecule has 126 valence electrons. The van der Waals surface area contributed by atoms with E-state index in [1.54, 1.807) is 31.1 Å². The van der Waals surface area contributed by atoms with Gasteiger partial charge in [-0.05, 0) is 30.7 Å². The highest BCUT2D eigenvalue weighted by molar-refractivity contribution is 6.06. The van der Waals surface area contributed by atoms with Crippen LogP contribution in [0.25, 0.3) is 0 Å². The van der Waals surface area contributed by atoms with Crippen molar-refractivity contribution < 1.29 is 19.7 Å². The highest BCUT2D eigenvalue weighted by Gasteiger charge is 2.49. The zero-order valence-corrected chi connectivity index (χ0v) is 13.8. The first-order valence-electron chi connectivity index (χ1n) is 7.90. The number of aliphatic hydroxyl groups is 2. The molecule has 0 bridgehead atoms. The molecule has 5 nitrogen and oxygen atoms in total. The summed E-state index contributed by atoms with van der Waals surface area (Å²) in [6, 6.07) is 14.6. The van der Waals surface area contributed by atoms with Crippen LogP contribution in [0.2, 0.25) is 0 Å². The number of carbonyl (C=O) groups excluding carboxylic acids is 1. The molecule has 24 heavy (non-hydrogen) atoms. The number of ether oxygens (including phenoxy) is 1. The van der Waals surface area contributed by atoms with Crippen LogP contribution in [0.4, 0.5) is 5.69 Å². The molecule has 0 saturated carbocycles. The van der Waals surface area contributed by atoms with Gasteiger partial charge in [-0.25, -0.2) is 0 Å². The molecule has 0 saturated heterocycles. The van der Waals surface area contributed by atoms with Crippen molar-refractivity contribution in [3.63, 3.8) is 0 Å². The van der Waals surface area contributed by atoms with Gasteiger partial charge in [0.1, 0.15) is 5.75 Å². The lowest BCUT2D eigenvalue weighted by Gasteiger charge is -2.24. The van der Waals surface area contributed by atoms with Crippen molar-refractivity contribution in [1.29, 1.82) is 0 Å². The molecule has 0 aromatic heterocycles. The van der Waals surface area contributed by atoms with Crippen LogP contribution in [0.3, 0.4) is 0 Å². The first kappa shape index (κ1) is 16.5. The van der Waals surface area contributed by atoms with Crippen molar-refractivity contribution >= 4 is 11.6 Å². The number of carbonyl (C=O) groups is 1. The lowest BCUT2D eigenvalue weighted by atomic mass is 9.90. The number of nitrogens with zero attached hydrogens (tertiary/aromatic N) is 1. The van der Waals surface area contributed by atoms with E-state index in [2.05, 4.69) is 0 Å². The third-order valence-corrected chi connectivity index (χ3v) is 4.33. The summed E-state index contributed by atoms with van der Waals surface area (Å²) in [6.07, 6.45) is -0.810. The van der Waals surface area contributed by atoms with Crippen molar-refractivity contribution in [2.24, 2.45) is 0 Å². The minimum atomic E-state index is -1.68. The van der Waals surface area contributed by atoms with Gasteiger partial charge in [0.15, 0.2) is 5.60 Å². The average molecular weight is 327 g/mol. The Morgan fingerprint density at radius 2 is 1.83 bits per heavy atom. The predicted octanol–water partition coefficient (Wildman–Crippen LogP) is 2.20. The monoisotopic (exact) mass is 327 g/mol. The van der Waals surface area contributed by atoms with Gasteiger partial charge in [0, 0.05) is 12.0 Å². The number of amides is 1. The van der Waals surface area contributed by atoms with E-state index in [1.807, 2.05) is 36.4 Å². The Morgan fingerprint density at radius 3 is 2.46 bits per heavy atom. The van der Waals surface area contributed by atoms with Gasteiger partial charge in [-0.2, -0.15) is 0 Å². The summed E-state index contributed by atoms with van der Waals surface area (Å²) in [5.74, 6) is 0.345. The second-order valence-electron chi connectivity index (χ2n) is 6.17. The minimum Gasteiger partial charge on any atom is -0.497 e. The molecule has 2 aromatic rings. The Labute approximate surface area is 141 Å². The minimum absolute atomic E-state index is 0.0258. The first-order chi connectivity index (χ1) is 11.5. The van der Waals surface area contributed by atoms with Crippen molar-refractivity contribution in [3.8, 4) is 5.75 Å². The highest BCUT2D eigenvalue weighted by atomic mass is 16.5. The molecular weight excluding hydrogens is 306 g/mol. The fourth-order valence-electron chi connectivity index (χ4n) is 3.20. The number of aliphatic hydroxyl groups excluding tert-OH is 1. The summed E-state index contributed by atoms with van der Waals surface area (Å²) < 4.78 is 5.15. The van der Waals surface area contributed by atoms with Gasteiger partial charge in [-0.15, -0.1) is 0 Å². The second kappa shape index (κ2) is 6.26. The number of para-hydroxylation sites is 1. The van der Waals surface area contributed by atoms with Crippen LogP contribution >= 0.6 is 0 Å². The van der Waals surface area contributed by atoms with Crippen molar-refractivity contribution in [3.05, 3.63) is 59.7 Å². The zero-order valence-electron chi connectivity index (χ0n) is 13.8. The summed E-state index contributed by atoms with van der Waals surface area (Å²) in [5.41, 5.74) is 0.475. The summed E-state index contributed by atoms with van der Waals surface area (Å²) in [6.45, 7) is 1.92. The van der Waals surface area contributed by atoms with Gasteiger partial charge < -0.3 is 19.8 Å². The van der Waals surface area contributed by atoms with Crippen LogP contribution in [0, 0.1) is 0 Å². The van der Waals surface area contributed by atoms with E-state index in [0.29, 0.717) is 17.8 Å². The number of fused-ring (bicyclic) bond motifs is 1. The Kier molecular flexibility index (Phi) is 4.30. The van der Waals surface area contributed by atoms with E-state index in [-0.39, 0.29) is 6.42 Å². The van der Waals surface area contributed by atoms with Crippen LogP contribution in [0.5, 0.6) is 5.75 Å². The molecule has 1 aliphatic rings. The molecule has 5 heteroatoms. The van der Waals surface area contributed by atoms with Crippen molar-refractivity contribution in [2.75, 3.05) is 12.0 Å². The molecule has 3 rings (SSSR count). The second-order valence-corrected chi connectivity index (χ2v) is 6.17. The molecule has 2 unspecified atom stereocenters. The third kappa shape index (κ3) is 2.77. The molecule has 0 spiro atoms. The van der Waals surface area contributed by atoms with E-state index in [0.717, 1.165) is 11.3 Å². The molecule has 1 heterocycles. The number of hydrogen-bond donors (Lipinski definition) is 2. The zero-order chi connectivity index (χ0) is 17.3. The van der Waals surface area contributed by atoms with Gasteiger partial charge in [0.2, 0.25) is 0 Å². The summed E-state index contributed by atoms with van der Waals surface area (Å²) in [7, 11) is 1.60. The lowest BCUT2D eigenvalue weighted by molar-refractivity contribution is -0.139. The maximum atomic E-state index is 12.9. The molecule has 0 radical (unpaired) electrons. The van der Waals surface area contributed by atoms with E-state index in [4.69, 9.17) is 4.74 Å². The number of rotatable bonds is 5. The molecule has 1 amide bonds. The number of anilines is 1. The average Bonchev–Trinajstić information content (AvgIpc) is 2.77. The maximum Gasteiger partial charge on any atom is 0.264 e. The highest BCUT2D eigenvalue weighted by Crippen LogP contribution is 2.43. The number of benzene rings is 2. The molecule has 0 aliphatic carbocycles. The molecule has 2 N–H and O–H groups in total. The lowest BCUT2D eigenvalue weighted by Crippen LogP contribution is -2.41. The Bertz CT molecular complexity index is 741. The largest absolute Gasteiger partial charge is 0.497 e. The van der Waals surface area contributed by atoms with E-state index >= 15 is 0 Å². The van der Waals surface area contributed by atoms with Crippen LogP contribution in [-0.2, 0) is 16.9 Å². The molecule has 1 aliphatic heterocycles. The topological polar surface area (TPSA) is 70.0 Å². The van der Waals surface area contributed by atoms with E-state index in [1.165, 1.54) is 0 Å². The van der Waals surface area contributed by atoms with E-state index < -0.39 is 17.6 Å². The Balaban J connectivity index is 1.95. The molecular formula is C19H21NO4.